The summed E-state index contributed by atoms with van der Waals surface area (Å²) in [5.41, 5.74) is 7.33. The molecule has 10 nitrogen and oxygen atoms in total. The van der Waals surface area contributed by atoms with Gasteiger partial charge >= 0.3 is 0 Å². The van der Waals surface area contributed by atoms with E-state index in [0.29, 0.717) is 43.8 Å². The molecule has 0 radical (unpaired) electrons. The van der Waals surface area contributed by atoms with Crippen molar-refractivity contribution in [3.05, 3.63) is 130 Å². The van der Waals surface area contributed by atoms with Crippen molar-refractivity contribution in [1.29, 1.82) is 0 Å². The Balaban J connectivity index is 1.11. The van der Waals surface area contributed by atoms with E-state index in [1.807, 2.05) is 97.1 Å². The minimum absolute atomic E-state index is 0.0191. The summed E-state index contributed by atoms with van der Waals surface area (Å²) in [6, 6.07) is 31.5. The molecule has 0 aliphatic carbocycles. The van der Waals surface area contributed by atoms with Crippen LogP contribution in [0.5, 0.6) is 0 Å². The lowest BCUT2D eigenvalue weighted by Gasteiger charge is -2.42. The second-order valence-corrected chi connectivity index (χ2v) is 14.1. The van der Waals surface area contributed by atoms with Gasteiger partial charge < -0.3 is 29.9 Å². The van der Waals surface area contributed by atoms with E-state index >= 15 is 0 Å². The van der Waals surface area contributed by atoms with Gasteiger partial charge in [-0.1, -0.05) is 90.5 Å². The van der Waals surface area contributed by atoms with E-state index in [-0.39, 0.29) is 37.6 Å². The Morgan fingerprint density at radius 3 is 2.21 bits per heavy atom. The predicted molar refractivity (Wildman–Crippen MR) is 197 cm³/mol. The van der Waals surface area contributed by atoms with Crippen LogP contribution in [-0.4, -0.2) is 57.9 Å². The zero-order chi connectivity index (χ0) is 36.5. The maximum absolute atomic E-state index is 12.2. The van der Waals surface area contributed by atoms with E-state index in [2.05, 4.69) is 10.2 Å². The molecule has 3 unspecified atom stereocenters. The van der Waals surface area contributed by atoms with Gasteiger partial charge in [0, 0.05) is 56.0 Å². The third-order valence-corrected chi connectivity index (χ3v) is 10.3. The highest BCUT2D eigenvalue weighted by Gasteiger charge is 2.37. The molecule has 0 bridgehead atoms. The number of hydroxylamine groups is 1. The lowest BCUT2D eigenvalue weighted by atomic mass is 9.84. The van der Waals surface area contributed by atoms with Crippen molar-refractivity contribution in [1.82, 2.24) is 15.7 Å². The molecule has 2 aliphatic rings. The van der Waals surface area contributed by atoms with Gasteiger partial charge in [0.15, 0.2) is 6.29 Å². The molecule has 274 valence electrons. The molecule has 0 aromatic heterocycles. The number of carbonyl (C=O) groups excluding carboxylic acids is 2. The highest BCUT2D eigenvalue weighted by molar-refractivity contribution is 6.30. The molecule has 2 fully saturated rings. The van der Waals surface area contributed by atoms with E-state index in [1.165, 1.54) is 0 Å². The molecule has 2 saturated heterocycles. The molecule has 2 aliphatic heterocycles. The minimum Gasteiger partial charge on any atom is -0.392 e. The number of aliphatic hydroxyl groups excluding tert-OH is 1. The van der Waals surface area contributed by atoms with Crippen molar-refractivity contribution < 1.29 is 34.5 Å². The minimum atomic E-state index is -0.881. The number of ether oxygens (including phenoxy) is 2. The van der Waals surface area contributed by atoms with Crippen LogP contribution in [0.25, 0.3) is 11.1 Å². The molecule has 52 heavy (non-hydrogen) atoms. The maximum Gasteiger partial charge on any atom is 0.243 e. The number of halogens is 1. The van der Waals surface area contributed by atoms with Gasteiger partial charge in [-0.2, -0.15) is 0 Å². The first-order valence-corrected chi connectivity index (χ1v) is 18.2. The molecule has 2 heterocycles. The molecule has 2 amide bonds. The maximum atomic E-state index is 12.2. The van der Waals surface area contributed by atoms with Gasteiger partial charge in [0.2, 0.25) is 11.8 Å². The average molecular weight is 728 g/mol. The predicted octanol–water partition coefficient (Wildman–Crippen LogP) is 6.32. The van der Waals surface area contributed by atoms with Gasteiger partial charge in [0.05, 0.1) is 24.4 Å². The monoisotopic (exact) mass is 727 g/mol. The molecular formula is C41H46ClN3O7. The second-order valence-electron chi connectivity index (χ2n) is 13.7. The smallest absolute Gasteiger partial charge is 0.243 e. The Bertz CT molecular complexity index is 1780. The first-order valence-electron chi connectivity index (χ1n) is 17.8. The van der Waals surface area contributed by atoms with Crippen LogP contribution in [0.3, 0.4) is 0 Å². The summed E-state index contributed by atoms with van der Waals surface area (Å²) in [6.45, 7) is 2.53. The van der Waals surface area contributed by atoms with Crippen molar-refractivity contribution in [2.75, 3.05) is 19.6 Å². The van der Waals surface area contributed by atoms with Gasteiger partial charge in [-0.15, -0.1) is 0 Å². The summed E-state index contributed by atoms with van der Waals surface area (Å²) in [7, 11) is 0. The number of carbonyl (C=O) groups is 2. The average Bonchev–Trinajstić information content (AvgIpc) is 3.18. The molecule has 3 atom stereocenters. The van der Waals surface area contributed by atoms with Crippen molar-refractivity contribution in [3.8, 4) is 11.1 Å². The summed E-state index contributed by atoms with van der Waals surface area (Å²) in [6.07, 6.45) is 1.64. The largest absolute Gasteiger partial charge is 0.392 e. The van der Waals surface area contributed by atoms with E-state index in [0.717, 1.165) is 52.0 Å². The van der Waals surface area contributed by atoms with Crippen LogP contribution in [0.15, 0.2) is 97.1 Å². The molecule has 4 aromatic carbocycles. The molecule has 5 N–H and O–H groups in total. The number of amides is 2. The van der Waals surface area contributed by atoms with Crippen LogP contribution in [0, 0.1) is 0 Å². The zero-order valence-electron chi connectivity index (χ0n) is 29.0. The third kappa shape index (κ3) is 9.84. The van der Waals surface area contributed by atoms with Crippen LogP contribution in [0.1, 0.15) is 78.7 Å². The van der Waals surface area contributed by atoms with Crippen LogP contribution in [0.4, 0.5) is 0 Å². The number of nitrogens with zero attached hydrogens (tertiary/aromatic N) is 1. The van der Waals surface area contributed by atoms with E-state index in [4.69, 9.17) is 26.3 Å². The Morgan fingerprint density at radius 2 is 1.52 bits per heavy atom. The quantitative estimate of drug-likeness (QED) is 0.0797. The fraction of sp³-hybridized carbons (Fsp3) is 0.366. The molecule has 0 spiro atoms. The third-order valence-electron chi connectivity index (χ3n) is 10.0. The number of nitrogens with one attached hydrogen (secondary N) is 2. The second kappa shape index (κ2) is 17.6. The number of rotatable bonds is 13. The van der Waals surface area contributed by atoms with Gasteiger partial charge in [-0.25, -0.2) is 5.48 Å². The number of benzene rings is 4. The molecule has 4 aromatic rings. The van der Waals surface area contributed by atoms with Crippen LogP contribution < -0.4 is 10.8 Å². The number of hydrogen-bond donors (Lipinski definition) is 5. The van der Waals surface area contributed by atoms with Crippen molar-refractivity contribution in [3.63, 3.8) is 0 Å². The Hall–Kier alpha value is -4.13. The highest BCUT2D eigenvalue weighted by atomic mass is 35.5. The van der Waals surface area contributed by atoms with Crippen LogP contribution in [0.2, 0.25) is 5.02 Å². The topological polar surface area (TPSA) is 141 Å². The first-order chi connectivity index (χ1) is 25.2. The zero-order valence-corrected chi connectivity index (χ0v) is 29.8. The number of aliphatic hydroxyl groups is 2. The van der Waals surface area contributed by atoms with Gasteiger partial charge in [-0.3, -0.25) is 14.8 Å². The molecule has 6 rings (SSSR count). The van der Waals surface area contributed by atoms with E-state index < -0.39 is 17.8 Å². The van der Waals surface area contributed by atoms with Crippen molar-refractivity contribution >= 4 is 23.4 Å². The fourth-order valence-corrected chi connectivity index (χ4v) is 7.05. The number of likely N-dealkylation sites (tertiary alicyclic amines) is 1. The fourth-order valence-electron chi connectivity index (χ4n) is 6.92. The van der Waals surface area contributed by atoms with Crippen LogP contribution >= 0.6 is 11.6 Å². The Kier molecular flexibility index (Phi) is 12.7. The standard InChI is InChI=1S/C41H46ClN3O7/c42-35-17-15-34(16-18-35)41(49)19-21-45(22-20-41)26-36-24-37(31-9-7-28(27-46)8-10-31)52-40(51-36)32-13-11-30(12-14-32)33-4-1-3-29(23-33)25-43-38(47)5-2-6-39(48)44-50/h1,3-4,7-18,23,36-37,40,46,49-50H,2,5-6,19-22,24-27H2,(H,43,47)(H,44,48). The summed E-state index contributed by atoms with van der Waals surface area (Å²) in [5.74, 6) is -0.668. The van der Waals surface area contributed by atoms with Gasteiger partial charge in [0.1, 0.15) is 0 Å². The summed E-state index contributed by atoms with van der Waals surface area (Å²) >= 11 is 6.09. The van der Waals surface area contributed by atoms with E-state index in [1.54, 1.807) is 5.48 Å². The lowest BCUT2D eigenvalue weighted by molar-refractivity contribution is -0.253. The van der Waals surface area contributed by atoms with Crippen LogP contribution in [-0.2, 0) is 37.8 Å². The SMILES string of the molecule is O=C(CCCC(=O)NCc1cccc(-c2ccc(C3OC(CN4CCC(O)(c5ccc(Cl)cc5)CC4)CC(c4ccc(CO)cc4)O3)cc2)c1)NO. The van der Waals surface area contributed by atoms with E-state index in [9.17, 15) is 19.8 Å². The Labute approximate surface area is 309 Å². The summed E-state index contributed by atoms with van der Waals surface area (Å²) in [5, 5.41) is 33.2. The van der Waals surface area contributed by atoms with Gasteiger partial charge in [-0.05, 0) is 70.8 Å². The Morgan fingerprint density at radius 1 is 0.827 bits per heavy atom. The molecular weight excluding hydrogens is 682 g/mol. The normalized spacial score (nSPS) is 20.3. The summed E-state index contributed by atoms with van der Waals surface area (Å²) in [4.78, 5) is 25.8. The number of piperidine rings is 1. The lowest BCUT2D eigenvalue weighted by Crippen LogP contribution is -2.46. The highest BCUT2D eigenvalue weighted by Crippen LogP contribution is 2.40. The molecule has 11 heteroatoms. The summed E-state index contributed by atoms with van der Waals surface area (Å²) < 4.78 is 13.2. The number of hydrogen-bond acceptors (Lipinski definition) is 8. The van der Waals surface area contributed by atoms with Crippen molar-refractivity contribution in [2.24, 2.45) is 0 Å². The van der Waals surface area contributed by atoms with Crippen molar-refractivity contribution in [2.45, 2.75) is 75.8 Å². The van der Waals surface area contributed by atoms with Gasteiger partial charge in [0.25, 0.3) is 0 Å². The first kappa shape index (κ1) is 37.6. The molecule has 0 saturated carbocycles.